The van der Waals surface area contributed by atoms with Crippen molar-refractivity contribution in [1.29, 1.82) is 0 Å². The number of hydrogen-bond donors (Lipinski definition) is 0. The lowest BCUT2D eigenvalue weighted by Gasteiger charge is -2.18. The smallest absolute Gasteiger partial charge is 0.0972 e. The van der Waals surface area contributed by atoms with E-state index in [1.54, 1.807) is 42.6 Å². The third-order valence-corrected chi connectivity index (χ3v) is 12.7. The van der Waals surface area contributed by atoms with Gasteiger partial charge in [-0.25, -0.2) is 4.98 Å². The van der Waals surface area contributed by atoms with Crippen molar-refractivity contribution in [2.24, 2.45) is 0 Å². The summed E-state index contributed by atoms with van der Waals surface area (Å²) in [5.74, 6) is 0. The van der Waals surface area contributed by atoms with Crippen LogP contribution in [0.25, 0.3) is 131 Å². The van der Waals surface area contributed by atoms with E-state index in [0.29, 0.717) is 44.4 Å². The summed E-state index contributed by atoms with van der Waals surface area (Å²) >= 11 is 0.339. The summed E-state index contributed by atoms with van der Waals surface area (Å²) in [7, 11) is 0. The topological polar surface area (TPSA) is 25.8 Å². The lowest BCUT2D eigenvalue weighted by atomic mass is 9.85. The van der Waals surface area contributed by atoms with Gasteiger partial charge in [-0.2, -0.15) is 0 Å². The Morgan fingerprint density at radius 2 is 0.806 bits per heavy atom. The van der Waals surface area contributed by atoms with Crippen LogP contribution in [0.2, 0.25) is 0 Å². The molecule has 0 saturated carbocycles. The molecule has 13 aromatic rings. The Hall–Kier alpha value is -8.50. The highest BCUT2D eigenvalue weighted by atomic mass is 32.1. The molecule has 0 fully saturated rings. The first-order valence-corrected chi connectivity index (χ1v) is 21.4. The molecular formula is C64H40N2S. The van der Waals surface area contributed by atoms with Crippen LogP contribution in [0.4, 0.5) is 0 Å². The van der Waals surface area contributed by atoms with E-state index in [4.69, 9.17) is 20.1 Å². The Labute approximate surface area is 430 Å². The highest BCUT2D eigenvalue weighted by Crippen LogP contribution is 2.55. The number of nitrogens with zero attached hydrogens (tertiary/aromatic N) is 2. The Balaban J connectivity index is 1.24. The fourth-order valence-electron chi connectivity index (χ4n) is 8.66. The predicted molar refractivity (Wildman–Crippen MR) is 285 cm³/mol. The Morgan fingerprint density at radius 1 is 0.328 bits per heavy atom. The molecule has 3 heterocycles. The molecule has 0 aliphatic heterocycles. The van der Waals surface area contributed by atoms with Crippen LogP contribution >= 0.6 is 11.3 Å². The minimum Gasteiger partial charge on any atom is -0.254 e. The molecule has 10 aromatic carbocycles. The van der Waals surface area contributed by atoms with E-state index in [1.807, 2.05) is 36.4 Å². The highest BCUT2D eigenvalue weighted by molar-refractivity contribution is 7.20. The molecule has 0 aliphatic rings. The van der Waals surface area contributed by atoms with Crippen molar-refractivity contribution >= 4 is 65.5 Å². The number of hydrogen-bond acceptors (Lipinski definition) is 3. The number of fused-ring (bicyclic) bond motifs is 6. The molecule has 0 amide bonds. The molecule has 0 bridgehead atoms. The quantitative estimate of drug-likeness (QED) is 0.118. The maximum Gasteiger partial charge on any atom is 0.0972 e. The largest absolute Gasteiger partial charge is 0.254 e. The van der Waals surface area contributed by atoms with E-state index < -0.39 is 239 Å². The van der Waals surface area contributed by atoms with Crippen LogP contribution in [0.1, 0.15) is 37.0 Å². The third-order valence-electron chi connectivity index (χ3n) is 11.5. The van der Waals surface area contributed by atoms with E-state index >= 15 is 0 Å². The van der Waals surface area contributed by atoms with Gasteiger partial charge in [0.15, 0.2) is 0 Å². The van der Waals surface area contributed by atoms with Crippen molar-refractivity contribution in [3.05, 3.63) is 242 Å². The summed E-state index contributed by atoms with van der Waals surface area (Å²) in [6.45, 7) is 0. The number of aromatic nitrogens is 2. The fourth-order valence-corrected chi connectivity index (χ4v) is 9.99. The Bertz CT molecular complexity index is 5470. The van der Waals surface area contributed by atoms with E-state index in [2.05, 4.69) is 4.98 Å². The minimum atomic E-state index is -1.05. The molecule has 13 rings (SSSR count). The van der Waals surface area contributed by atoms with Crippen molar-refractivity contribution in [1.82, 2.24) is 9.97 Å². The highest BCUT2D eigenvalue weighted by Gasteiger charge is 2.27. The third kappa shape index (κ3) is 6.55. The molecule has 3 aromatic heterocycles. The van der Waals surface area contributed by atoms with Gasteiger partial charge in [-0.3, -0.25) is 4.98 Å². The van der Waals surface area contributed by atoms with Crippen molar-refractivity contribution in [2.75, 3.05) is 0 Å². The van der Waals surface area contributed by atoms with Gasteiger partial charge in [-0.05, 0) is 83.4 Å². The van der Waals surface area contributed by atoms with Gasteiger partial charge in [-0.1, -0.05) is 224 Å². The number of benzene rings is 10. The number of thiophene rings is 1. The fraction of sp³-hybridized carbons (Fsp3) is 0. The van der Waals surface area contributed by atoms with Gasteiger partial charge < -0.3 is 0 Å². The van der Waals surface area contributed by atoms with Crippen LogP contribution in [-0.4, -0.2) is 9.97 Å². The molecular weight excluding hydrogens is 829 g/mol. The normalized spacial score (nSPS) is 17.2. The van der Waals surface area contributed by atoms with E-state index in [9.17, 15) is 21.9 Å². The lowest BCUT2D eigenvalue weighted by Crippen LogP contribution is -1.91. The van der Waals surface area contributed by atoms with Crippen LogP contribution < -0.4 is 0 Å². The van der Waals surface area contributed by atoms with Gasteiger partial charge >= 0.3 is 0 Å². The lowest BCUT2D eigenvalue weighted by molar-refractivity contribution is 1.37. The van der Waals surface area contributed by atoms with Crippen molar-refractivity contribution in [2.45, 2.75) is 0 Å². The zero-order chi connectivity index (χ0) is 67.8. The minimum absolute atomic E-state index is 0.189. The van der Waals surface area contributed by atoms with Crippen LogP contribution in [0, 0.1) is 0 Å². The van der Waals surface area contributed by atoms with E-state index in [1.165, 1.54) is 0 Å². The molecule has 0 aliphatic carbocycles. The summed E-state index contributed by atoms with van der Waals surface area (Å²) in [6, 6.07) is -4.54. The molecule has 0 N–H and O–H groups in total. The Morgan fingerprint density at radius 3 is 1.42 bits per heavy atom. The first-order valence-electron chi connectivity index (χ1n) is 34.1. The summed E-state index contributed by atoms with van der Waals surface area (Å²) < 4.78 is 252. The molecule has 0 saturated heterocycles. The van der Waals surface area contributed by atoms with Crippen molar-refractivity contribution in [3.63, 3.8) is 0 Å². The molecule has 2 nitrogen and oxygen atoms in total. The van der Waals surface area contributed by atoms with Crippen LogP contribution in [0.5, 0.6) is 0 Å². The molecule has 0 atom stereocenters. The maximum atomic E-state index is 10.1. The molecule has 3 heteroatoms. The molecule has 0 spiro atoms. The zero-order valence-electron chi connectivity index (χ0n) is 61.3. The SMILES string of the molecule is [2H]c1c([2H])c([2H])c(-c2c(-c3c([2H])c([2H])c(-c4ccc(-c5ccc6ccc7cccnc7c6n5)c5ccccc45)c([2H])c3[2H])sc(-c3c4c([2H])c([2H])c([2H])c([2H])c4c(-c4c([2H])c([2H])c([2H])c([2H])c4[2H])c4c([2H])c([2H])c([2H])c([2H])c34)c2-c2c([2H])c([2H])c([2H])c([2H])c2[2H])c([2H])c1[2H]. The second-order valence-corrected chi connectivity index (χ2v) is 16.1. The van der Waals surface area contributed by atoms with Crippen LogP contribution in [0.15, 0.2) is 242 Å². The van der Waals surface area contributed by atoms with Crippen molar-refractivity contribution < 1.29 is 37.0 Å². The van der Waals surface area contributed by atoms with Gasteiger partial charge in [0.1, 0.15) is 0 Å². The Kier molecular flexibility index (Phi) is 4.91. The number of pyridine rings is 2. The molecule has 312 valence electrons. The molecule has 0 unspecified atom stereocenters. The van der Waals surface area contributed by atoms with Crippen LogP contribution in [0.3, 0.4) is 0 Å². The van der Waals surface area contributed by atoms with Gasteiger partial charge in [-0.15, -0.1) is 11.3 Å². The van der Waals surface area contributed by atoms with Gasteiger partial charge in [0.05, 0.1) is 53.7 Å². The molecule has 0 radical (unpaired) electrons. The van der Waals surface area contributed by atoms with Crippen molar-refractivity contribution in [3.8, 4) is 76.6 Å². The zero-order valence-corrected chi connectivity index (χ0v) is 35.1. The van der Waals surface area contributed by atoms with Gasteiger partial charge in [0, 0.05) is 49.0 Å². The standard InChI is InChI=1S/C64H40N2S/c1-4-17-42(18-5-1)57-52-26-12-14-28-54(52)60(55-29-15-13-27-53(55)57)64-59(44-21-8-3-9-22-44)58(43-19-6-2-7-20-43)63(67-64)47-34-30-41(31-35-47)48-37-38-51(50-25-11-10-24-49(48)50)56-39-36-46-33-32-45-23-16-40-65-61(45)62(46)66-56/h1-40H/i1D,2D,3D,4D,5D,6D,7D,8D,9D,12D,13D,14D,15D,17D,18D,19D,20D,21D,22D,26D,27D,28D,29D,30D,31D,34D,35D. The van der Waals surface area contributed by atoms with Gasteiger partial charge in [0.25, 0.3) is 0 Å². The average Bonchev–Trinajstić information content (AvgIpc) is 1.21. The first kappa shape index (κ1) is 20.3. The monoisotopic (exact) mass is 895 g/mol. The molecule has 67 heavy (non-hydrogen) atoms. The van der Waals surface area contributed by atoms with Gasteiger partial charge in [0.2, 0.25) is 0 Å². The van der Waals surface area contributed by atoms with Crippen LogP contribution in [-0.2, 0) is 0 Å². The van der Waals surface area contributed by atoms with E-state index in [0.717, 1.165) is 10.8 Å². The summed E-state index contributed by atoms with van der Waals surface area (Å²) in [6.07, 6.45) is 1.66. The average molecular weight is 896 g/mol. The summed E-state index contributed by atoms with van der Waals surface area (Å²) in [5, 5.41) is -0.276. The maximum absolute atomic E-state index is 10.1. The first-order chi connectivity index (χ1) is 44.5. The van der Waals surface area contributed by atoms with E-state index in [-0.39, 0.29) is 11.1 Å². The summed E-state index contributed by atoms with van der Waals surface area (Å²) in [5.41, 5.74) is -3.69. The number of rotatable bonds is 7. The predicted octanol–water partition coefficient (Wildman–Crippen LogP) is 18.0. The second kappa shape index (κ2) is 16.2. The second-order valence-electron chi connectivity index (χ2n) is 15.1. The summed E-state index contributed by atoms with van der Waals surface area (Å²) in [4.78, 5) is 8.44.